The summed E-state index contributed by atoms with van der Waals surface area (Å²) in [4.78, 5) is 38.5. The number of aromatic nitrogens is 2. The highest BCUT2D eigenvalue weighted by molar-refractivity contribution is 6.07. The Morgan fingerprint density at radius 2 is 1.50 bits per heavy atom. The van der Waals surface area contributed by atoms with Gasteiger partial charge in [-0.15, -0.1) is 0 Å². The van der Waals surface area contributed by atoms with Gasteiger partial charge in [0.1, 0.15) is 5.69 Å². The number of nitrogens with one attached hydrogen (secondary N) is 2. The normalized spacial score (nSPS) is 10.4. The van der Waals surface area contributed by atoms with Crippen LogP contribution in [0, 0.1) is 18.3 Å². The second kappa shape index (κ2) is 9.30. The molecule has 0 fully saturated rings. The summed E-state index contributed by atoms with van der Waals surface area (Å²) in [5.74, 6) is -0.882. The topological polar surface area (TPSA) is 109 Å². The number of carbonyl (C=O) groups is 2. The molecule has 0 radical (unpaired) electrons. The molecular formula is C26H21N5O3. The van der Waals surface area contributed by atoms with Crippen molar-refractivity contribution in [1.29, 1.82) is 5.26 Å². The van der Waals surface area contributed by atoms with Gasteiger partial charge in [-0.25, -0.2) is 4.68 Å². The van der Waals surface area contributed by atoms with Gasteiger partial charge in [-0.2, -0.15) is 5.26 Å². The van der Waals surface area contributed by atoms with Crippen molar-refractivity contribution >= 4 is 23.2 Å². The first-order valence-electron chi connectivity index (χ1n) is 10.5. The van der Waals surface area contributed by atoms with Crippen LogP contribution in [0.5, 0.6) is 0 Å². The predicted octanol–water partition coefficient (Wildman–Crippen LogP) is 3.86. The molecule has 0 saturated heterocycles. The Balaban J connectivity index is 1.56. The predicted molar refractivity (Wildman–Crippen MR) is 129 cm³/mol. The number of carbonyl (C=O) groups excluding carboxylic acids is 2. The third kappa shape index (κ3) is 4.36. The molecule has 0 aliphatic heterocycles. The monoisotopic (exact) mass is 451 g/mol. The number of rotatable bonds is 5. The summed E-state index contributed by atoms with van der Waals surface area (Å²) in [7, 11) is 1.75. The maximum Gasteiger partial charge on any atom is 0.295 e. The Morgan fingerprint density at radius 3 is 2.21 bits per heavy atom. The van der Waals surface area contributed by atoms with E-state index in [2.05, 4.69) is 10.6 Å². The van der Waals surface area contributed by atoms with Gasteiger partial charge in [-0.1, -0.05) is 30.3 Å². The lowest BCUT2D eigenvalue weighted by Gasteiger charge is -2.08. The fourth-order valence-electron chi connectivity index (χ4n) is 3.57. The van der Waals surface area contributed by atoms with Crippen LogP contribution in [-0.2, 0) is 7.05 Å². The van der Waals surface area contributed by atoms with Crippen molar-refractivity contribution in [2.24, 2.45) is 7.05 Å². The summed E-state index contributed by atoms with van der Waals surface area (Å²) in [6.45, 7) is 1.75. The lowest BCUT2D eigenvalue weighted by molar-refractivity contribution is 0.101. The molecule has 8 nitrogen and oxygen atoms in total. The van der Waals surface area contributed by atoms with E-state index in [0.717, 1.165) is 0 Å². The van der Waals surface area contributed by atoms with Crippen molar-refractivity contribution in [3.8, 4) is 11.8 Å². The summed E-state index contributed by atoms with van der Waals surface area (Å²) in [6, 6.07) is 23.9. The molecule has 4 aromatic rings. The summed E-state index contributed by atoms with van der Waals surface area (Å²) in [5.41, 5.74) is 2.51. The van der Waals surface area contributed by atoms with Gasteiger partial charge in [0, 0.05) is 23.9 Å². The molecule has 0 saturated carbocycles. The zero-order valence-corrected chi connectivity index (χ0v) is 18.6. The van der Waals surface area contributed by atoms with Crippen molar-refractivity contribution in [3.05, 3.63) is 112 Å². The van der Waals surface area contributed by atoms with E-state index in [1.54, 1.807) is 55.1 Å². The number of amides is 2. The fraction of sp³-hybridized carbons (Fsp3) is 0.0769. The van der Waals surface area contributed by atoms with Crippen LogP contribution in [0.1, 0.15) is 32.0 Å². The average molecular weight is 451 g/mol. The van der Waals surface area contributed by atoms with Crippen molar-refractivity contribution in [2.75, 3.05) is 10.6 Å². The molecule has 1 aromatic heterocycles. The number of benzene rings is 3. The number of anilines is 2. The summed E-state index contributed by atoms with van der Waals surface area (Å²) in [6.07, 6.45) is 0. The largest absolute Gasteiger partial charge is 0.322 e. The summed E-state index contributed by atoms with van der Waals surface area (Å²) < 4.78 is 3.16. The number of hydrogen-bond donors (Lipinski definition) is 2. The van der Waals surface area contributed by atoms with Crippen LogP contribution in [0.3, 0.4) is 0 Å². The maximum atomic E-state index is 13.0. The first kappa shape index (κ1) is 22.3. The van der Waals surface area contributed by atoms with Gasteiger partial charge < -0.3 is 10.6 Å². The van der Waals surface area contributed by atoms with Crippen LogP contribution >= 0.6 is 0 Å². The minimum Gasteiger partial charge on any atom is -0.322 e. The number of para-hydroxylation sites is 1. The molecule has 0 bridgehead atoms. The fourth-order valence-corrected chi connectivity index (χ4v) is 3.57. The highest BCUT2D eigenvalue weighted by atomic mass is 16.2. The molecule has 2 amide bonds. The molecule has 4 rings (SSSR count). The molecule has 8 heteroatoms. The Hall–Kier alpha value is -4.90. The van der Waals surface area contributed by atoms with Crippen LogP contribution in [-0.4, -0.2) is 21.2 Å². The highest BCUT2D eigenvalue weighted by Crippen LogP contribution is 2.17. The van der Waals surface area contributed by atoms with Gasteiger partial charge in [0.05, 0.1) is 23.0 Å². The molecule has 34 heavy (non-hydrogen) atoms. The third-order valence-corrected chi connectivity index (χ3v) is 5.43. The lowest BCUT2D eigenvalue weighted by atomic mass is 10.1. The van der Waals surface area contributed by atoms with Crippen molar-refractivity contribution in [1.82, 2.24) is 9.36 Å². The molecule has 0 spiro atoms. The van der Waals surface area contributed by atoms with E-state index < -0.39 is 11.8 Å². The lowest BCUT2D eigenvalue weighted by Crippen LogP contribution is -2.23. The Morgan fingerprint density at radius 1 is 0.853 bits per heavy atom. The zero-order valence-electron chi connectivity index (χ0n) is 18.6. The van der Waals surface area contributed by atoms with E-state index in [4.69, 9.17) is 5.26 Å². The van der Waals surface area contributed by atoms with Crippen molar-refractivity contribution in [3.63, 3.8) is 0 Å². The number of nitrogens with zero attached hydrogens (tertiary/aromatic N) is 3. The van der Waals surface area contributed by atoms with Gasteiger partial charge in [-0.05, 0) is 55.5 Å². The zero-order chi connectivity index (χ0) is 24.2. The molecule has 2 N–H and O–H groups in total. The molecule has 1 heterocycles. The molecular weight excluding hydrogens is 430 g/mol. The van der Waals surface area contributed by atoms with Crippen LogP contribution in [0.15, 0.2) is 83.7 Å². The van der Waals surface area contributed by atoms with Crippen LogP contribution in [0.4, 0.5) is 11.4 Å². The molecule has 0 aliphatic rings. The van der Waals surface area contributed by atoms with Gasteiger partial charge in [0.25, 0.3) is 17.4 Å². The van der Waals surface area contributed by atoms with Gasteiger partial charge in [-0.3, -0.25) is 19.1 Å². The van der Waals surface area contributed by atoms with Crippen LogP contribution < -0.4 is 16.2 Å². The molecule has 0 unspecified atom stereocenters. The van der Waals surface area contributed by atoms with E-state index in [0.29, 0.717) is 28.2 Å². The van der Waals surface area contributed by atoms with Crippen molar-refractivity contribution < 1.29 is 9.59 Å². The Kier molecular flexibility index (Phi) is 6.10. The van der Waals surface area contributed by atoms with E-state index in [1.807, 2.05) is 36.4 Å². The average Bonchev–Trinajstić information content (AvgIpc) is 3.07. The summed E-state index contributed by atoms with van der Waals surface area (Å²) in [5, 5.41) is 14.5. The SMILES string of the molecule is Cc1c(NC(=O)c2cccc(NC(=O)c3cccc(C#N)c3)c2)c(=O)n(-c2ccccc2)n1C. The Bertz CT molecular complexity index is 1490. The van der Waals surface area contributed by atoms with E-state index in [9.17, 15) is 14.4 Å². The third-order valence-electron chi connectivity index (χ3n) is 5.43. The first-order valence-corrected chi connectivity index (χ1v) is 10.5. The second-order valence-corrected chi connectivity index (χ2v) is 7.62. The first-order chi connectivity index (χ1) is 16.4. The van der Waals surface area contributed by atoms with Crippen LogP contribution in [0.25, 0.3) is 5.69 Å². The standard InChI is InChI=1S/C26H21N5O3/c1-17-23(26(34)31(30(17)2)22-12-4-3-5-13-22)29-25(33)20-10-7-11-21(15-20)28-24(32)19-9-6-8-18(14-19)16-27/h3-15H,1-2H3,(H,28,32)(H,29,33). The maximum absolute atomic E-state index is 13.0. The number of nitriles is 1. The van der Waals surface area contributed by atoms with E-state index in [1.165, 1.54) is 16.8 Å². The van der Waals surface area contributed by atoms with E-state index in [-0.39, 0.29) is 16.8 Å². The highest BCUT2D eigenvalue weighted by Gasteiger charge is 2.19. The van der Waals surface area contributed by atoms with Crippen LogP contribution in [0.2, 0.25) is 0 Å². The molecule has 3 aromatic carbocycles. The van der Waals surface area contributed by atoms with Gasteiger partial charge >= 0.3 is 0 Å². The minimum absolute atomic E-state index is 0.180. The Labute approximate surface area is 195 Å². The number of hydrogen-bond acceptors (Lipinski definition) is 4. The molecule has 168 valence electrons. The molecule has 0 atom stereocenters. The second-order valence-electron chi connectivity index (χ2n) is 7.62. The van der Waals surface area contributed by atoms with Crippen molar-refractivity contribution in [2.45, 2.75) is 6.92 Å². The quantitative estimate of drug-likeness (QED) is 0.480. The smallest absolute Gasteiger partial charge is 0.295 e. The summed E-state index contributed by atoms with van der Waals surface area (Å²) >= 11 is 0. The van der Waals surface area contributed by atoms with E-state index >= 15 is 0 Å². The van der Waals surface area contributed by atoms with Gasteiger partial charge in [0.2, 0.25) is 0 Å². The molecule has 0 aliphatic carbocycles. The van der Waals surface area contributed by atoms with Gasteiger partial charge in [0.15, 0.2) is 0 Å². The minimum atomic E-state index is -0.478.